The van der Waals surface area contributed by atoms with E-state index in [2.05, 4.69) is 15.3 Å². The van der Waals surface area contributed by atoms with Gasteiger partial charge in [0, 0.05) is 47.0 Å². The molecule has 4 N–H and O–H groups in total. The predicted octanol–water partition coefficient (Wildman–Crippen LogP) is 2.92. The van der Waals surface area contributed by atoms with E-state index in [0.717, 1.165) is 22.2 Å². The van der Waals surface area contributed by atoms with Crippen molar-refractivity contribution in [2.75, 3.05) is 6.54 Å². The zero-order valence-corrected chi connectivity index (χ0v) is 14.3. The molecule has 0 saturated carbocycles. The minimum absolute atomic E-state index is 0.179. The summed E-state index contributed by atoms with van der Waals surface area (Å²) in [4.78, 5) is 19.5. The maximum atomic E-state index is 12.2. The predicted molar refractivity (Wildman–Crippen MR) is 101 cm³/mol. The molecule has 0 bridgehead atoms. The summed E-state index contributed by atoms with van der Waals surface area (Å²) >= 11 is 6.17. The summed E-state index contributed by atoms with van der Waals surface area (Å²) in [7, 11) is 0. The van der Waals surface area contributed by atoms with E-state index in [9.17, 15) is 4.79 Å². The van der Waals surface area contributed by atoms with Crippen molar-refractivity contribution in [2.24, 2.45) is 5.73 Å². The molecular weight excluding hydrogens is 336 g/mol. The normalized spacial score (nSPS) is 12.6. The number of benzene rings is 1. The maximum absolute atomic E-state index is 12.2. The van der Waals surface area contributed by atoms with Gasteiger partial charge in [-0.3, -0.25) is 4.79 Å². The molecule has 0 saturated heterocycles. The fourth-order valence-corrected chi connectivity index (χ4v) is 2.87. The van der Waals surface area contributed by atoms with Crippen molar-refractivity contribution < 1.29 is 4.79 Å². The van der Waals surface area contributed by atoms with Crippen LogP contribution in [0.15, 0.2) is 54.9 Å². The molecular formula is C19H19ClN4O. The molecule has 1 atom stereocenters. The Morgan fingerprint density at radius 3 is 2.96 bits per heavy atom. The van der Waals surface area contributed by atoms with Gasteiger partial charge >= 0.3 is 0 Å². The molecule has 0 fully saturated rings. The van der Waals surface area contributed by atoms with Gasteiger partial charge in [0.25, 0.3) is 0 Å². The van der Waals surface area contributed by atoms with Crippen LogP contribution in [0.5, 0.6) is 0 Å². The summed E-state index contributed by atoms with van der Waals surface area (Å²) < 4.78 is 0. The molecule has 0 spiro atoms. The lowest BCUT2D eigenvalue weighted by Gasteiger charge is -2.16. The molecule has 128 valence electrons. The molecule has 0 aliphatic carbocycles. The number of halogens is 1. The monoisotopic (exact) mass is 354 g/mol. The van der Waals surface area contributed by atoms with E-state index in [0.29, 0.717) is 18.0 Å². The number of hydrogen-bond acceptors (Lipinski definition) is 3. The highest BCUT2D eigenvalue weighted by molar-refractivity contribution is 6.31. The van der Waals surface area contributed by atoms with Crippen molar-refractivity contribution in [1.29, 1.82) is 0 Å². The van der Waals surface area contributed by atoms with Gasteiger partial charge in [-0.25, -0.2) is 4.98 Å². The van der Waals surface area contributed by atoms with E-state index in [1.807, 2.05) is 42.6 Å². The Labute approximate surface area is 150 Å². The SMILES string of the molecule is NC[C@H](Cc1ccccc1Cl)NC(=O)/C=C/c1c[nH]c2ncccc12. The van der Waals surface area contributed by atoms with Gasteiger partial charge in [-0.2, -0.15) is 0 Å². The summed E-state index contributed by atoms with van der Waals surface area (Å²) in [6, 6.07) is 11.2. The molecule has 3 aromatic rings. The van der Waals surface area contributed by atoms with Crippen LogP contribution in [-0.4, -0.2) is 28.5 Å². The molecule has 0 radical (unpaired) electrons. The molecule has 1 aromatic carbocycles. The average Bonchev–Trinajstić information content (AvgIpc) is 3.04. The molecule has 1 amide bonds. The standard InChI is InChI=1S/C19H19ClN4O/c20-17-6-2-1-4-13(17)10-15(11-21)24-18(25)8-7-14-12-23-19-16(14)5-3-9-22-19/h1-9,12,15H,10-11,21H2,(H,22,23)(H,24,25)/b8-7+/t15-/m0/s1. The van der Waals surface area contributed by atoms with Crippen LogP contribution in [0.4, 0.5) is 0 Å². The molecule has 0 unspecified atom stereocenters. The third-order valence-corrected chi connectivity index (χ3v) is 4.32. The number of aromatic amines is 1. The largest absolute Gasteiger partial charge is 0.348 e. The minimum Gasteiger partial charge on any atom is -0.348 e. The lowest BCUT2D eigenvalue weighted by molar-refractivity contribution is -0.117. The highest BCUT2D eigenvalue weighted by Crippen LogP contribution is 2.18. The molecule has 25 heavy (non-hydrogen) atoms. The number of hydrogen-bond donors (Lipinski definition) is 3. The number of nitrogens with one attached hydrogen (secondary N) is 2. The second kappa shape index (κ2) is 7.96. The Bertz CT molecular complexity index is 903. The van der Waals surface area contributed by atoms with Gasteiger partial charge in [0.05, 0.1) is 0 Å². The summed E-state index contributed by atoms with van der Waals surface area (Å²) in [5.41, 5.74) is 8.46. The summed E-state index contributed by atoms with van der Waals surface area (Å²) in [5.74, 6) is -0.194. The van der Waals surface area contributed by atoms with Gasteiger partial charge in [0.1, 0.15) is 5.65 Å². The van der Waals surface area contributed by atoms with Crippen molar-refractivity contribution in [2.45, 2.75) is 12.5 Å². The van der Waals surface area contributed by atoms with Gasteiger partial charge in [0.15, 0.2) is 0 Å². The molecule has 2 heterocycles. The van der Waals surface area contributed by atoms with E-state index < -0.39 is 0 Å². The van der Waals surface area contributed by atoms with Crippen LogP contribution in [0.2, 0.25) is 5.02 Å². The van der Waals surface area contributed by atoms with Gasteiger partial charge in [0.2, 0.25) is 5.91 Å². The fourth-order valence-electron chi connectivity index (χ4n) is 2.65. The smallest absolute Gasteiger partial charge is 0.244 e. The van der Waals surface area contributed by atoms with E-state index in [1.54, 1.807) is 12.3 Å². The van der Waals surface area contributed by atoms with Crippen LogP contribution in [0.3, 0.4) is 0 Å². The van der Waals surface area contributed by atoms with Crippen molar-refractivity contribution >= 4 is 34.6 Å². The molecule has 3 rings (SSSR count). The first kappa shape index (κ1) is 17.2. The number of H-pyrrole nitrogens is 1. The van der Waals surface area contributed by atoms with E-state index >= 15 is 0 Å². The van der Waals surface area contributed by atoms with Crippen LogP contribution >= 0.6 is 11.6 Å². The Kier molecular flexibility index (Phi) is 5.48. The number of aromatic nitrogens is 2. The molecule has 5 nitrogen and oxygen atoms in total. The Morgan fingerprint density at radius 2 is 2.16 bits per heavy atom. The third kappa shape index (κ3) is 4.26. The first-order chi connectivity index (χ1) is 12.2. The molecule has 0 aliphatic heterocycles. The lowest BCUT2D eigenvalue weighted by atomic mass is 10.1. The van der Waals surface area contributed by atoms with Crippen LogP contribution in [-0.2, 0) is 11.2 Å². The second-order valence-corrected chi connectivity index (χ2v) is 6.12. The molecule has 2 aromatic heterocycles. The summed E-state index contributed by atoms with van der Waals surface area (Å²) in [5, 5.41) is 4.57. The lowest BCUT2D eigenvalue weighted by Crippen LogP contribution is -2.41. The first-order valence-electron chi connectivity index (χ1n) is 8.01. The Morgan fingerprint density at radius 1 is 1.32 bits per heavy atom. The number of carbonyl (C=O) groups is 1. The second-order valence-electron chi connectivity index (χ2n) is 5.71. The topological polar surface area (TPSA) is 83.8 Å². The number of nitrogens with zero attached hydrogens (tertiary/aromatic N) is 1. The van der Waals surface area contributed by atoms with Crippen LogP contribution in [0, 0.1) is 0 Å². The number of pyridine rings is 1. The fraction of sp³-hybridized carbons (Fsp3) is 0.158. The van der Waals surface area contributed by atoms with Gasteiger partial charge < -0.3 is 16.0 Å². The minimum atomic E-state index is -0.194. The van der Waals surface area contributed by atoms with Crippen molar-refractivity contribution in [3.8, 4) is 0 Å². The van der Waals surface area contributed by atoms with E-state index in [-0.39, 0.29) is 11.9 Å². The van der Waals surface area contributed by atoms with Crippen LogP contribution in [0.25, 0.3) is 17.1 Å². The highest BCUT2D eigenvalue weighted by atomic mass is 35.5. The van der Waals surface area contributed by atoms with Crippen molar-refractivity contribution in [3.63, 3.8) is 0 Å². The molecule has 6 heteroatoms. The first-order valence-corrected chi connectivity index (χ1v) is 8.39. The third-order valence-electron chi connectivity index (χ3n) is 3.95. The average molecular weight is 355 g/mol. The van der Waals surface area contributed by atoms with E-state index in [4.69, 9.17) is 17.3 Å². The van der Waals surface area contributed by atoms with E-state index in [1.165, 1.54) is 6.08 Å². The van der Waals surface area contributed by atoms with Crippen LogP contribution < -0.4 is 11.1 Å². The van der Waals surface area contributed by atoms with Crippen molar-refractivity contribution in [1.82, 2.24) is 15.3 Å². The number of rotatable bonds is 6. The van der Waals surface area contributed by atoms with Crippen LogP contribution in [0.1, 0.15) is 11.1 Å². The van der Waals surface area contributed by atoms with Gasteiger partial charge in [-0.15, -0.1) is 0 Å². The van der Waals surface area contributed by atoms with Gasteiger partial charge in [-0.1, -0.05) is 29.8 Å². The highest BCUT2D eigenvalue weighted by Gasteiger charge is 2.12. The zero-order valence-electron chi connectivity index (χ0n) is 13.6. The number of amides is 1. The summed E-state index contributed by atoms with van der Waals surface area (Å²) in [6.07, 6.45) is 7.40. The molecule has 0 aliphatic rings. The Hall–Kier alpha value is -2.63. The summed E-state index contributed by atoms with van der Waals surface area (Å²) in [6.45, 7) is 0.335. The van der Waals surface area contributed by atoms with Gasteiger partial charge in [-0.05, 0) is 36.3 Å². The Balaban J connectivity index is 1.65. The maximum Gasteiger partial charge on any atom is 0.244 e. The number of nitrogens with two attached hydrogens (primary N) is 1. The zero-order chi connectivity index (χ0) is 17.6. The number of fused-ring (bicyclic) bond motifs is 1. The number of carbonyl (C=O) groups excluding carboxylic acids is 1. The quantitative estimate of drug-likeness (QED) is 0.595. The van der Waals surface area contributed by atoms with Crippen molar-refractivity contribution in [3.05, 3.63) is 71.0 Å².